The van der Waals surface area contributed by atoms with Crippen molar-refractivity contribution < 1.29 is 4.39 Å². The fourth-order valence-corrected chi connectivity index (χ4v) is 2.81. The Morgan fingerprint density at radius 2 is 2.18 bits per heavy atom. The zero-order chi connectivity index (χ0) is 15.5. The molecule has 7 heteroatoms. The first-order valence-corrected chi connectivity index (χ1v) is 7.61. The SMILES string of the molecule is Cc1cc(NC2CCCN(c3ncc(Cl)cc3F)C2)ncn1. The van der Waals surface area contributed by atoms with Crippen LogP contribution in [0.5, 0.6) is 0 Å². The van der Waals surface area contributed by atoms with Gasteiger partial charge in [0.2, 0.25) is 0 Å². The Morgan fingerprint density at radius 3 is 2.95 bits per heavy atom. The van der Waals surface area contributed by atoms with E-state index in [4.69, 9.17) is 11.6 Å². The number of pyridine rings is 1. The summed E-state index contributed by atoms with van der Waals surface area (Å²) in [7, 11) is 0. The van der Waals surface area contributed by atoms with Gasteiger partial charge < -0.3 is 10.2 Å². The molecule has 116 valence electrons. The van der Waals surface area contributed by atoms with E-state index < -0.39 is 0 Å². The van der Waals surface area contributed by atoms with E-state index in [9.17, 15) is 4.39 Å². The van der Waals surface area contributed by atoms with E-state index in [1.807, 2.05) is 17.9 Å². The van der Waals surface area contributed by atoms with Gasteiger partial charge in [0, 0.05) is 37.1 Å². The van der Waals surface area contributed by atoms with E-state index >= 15 is 0 Å². The maximum Gasteiger partial charge on any atom is 0.167 e. The summed E-state index contributed by atoms with van der Waals surface area (Å²) in [6, 6.07) is 3.40. The number of piperidine rings is 1. The van der Waals surface area contributed by atoms with Crippen LogP contribution in [0, 0.1) is 12.7 Å². The van der Waals surface area contributed by atoms with Gasteiger partial charge in [-0.3, -0.25) is 0 Å². The molecule has 0 aliphatic carbocycles. The van der Waals surface area contributed by atoms with Crippen molar-refractivity contribution >= 4 is 23.2 Å². The van der Waals surface area contributed by atoms with Crippen LogP contribution in [-0.2, 0) is 0 Å². The third kappa shape index (κ3) is 3.44. The molecule has 0 saturated carbocycles. The highest BCUT2D eigenvalue weighted by Crippen LogP contribution is 2.24. The molecule has 1 N–H and O–H groups in total. The number of anilines is 2. The van der Waals surface area contributed by atoms with E-state index in [1.54, 1.807) is 6.33 Å². The second-order valence-corrected chi connectivity index (χ2v) is 5.87. The number of aromatic nitrogens is 3. The van der Waals surface area contributed by atoms with Crippen LogP contribution < -0.4 is 10.2 Å². The van der Waals surface area contributed by atoms with Crippen LogP contribution in [-0.4, -0.2) is 34.1 Å². The predicted octanol–water partition coefficient (Wildman–Crippen LogP) is 3.05. The van der Waals surface area contributed by atoms with Gasteiger partial charge in [-0.25, -0.2) is 19.3 Å². The summed E-state index contributed by atoms with van der Waals surface area (Å²) >= 11 is 5.76. The Bertz CT molecular complexity index is 666. The number of hydrogen-bond acceptors (Lipinski definition) is 5. The summed E-state index contributed by atoms with van der Waals surface area (Å²) in [5.41, 5.74) is 0.913. The smallest absolute Gasteiger partial charge is 0.167 e. The number of hydrogen-bond donors (Lipinski definition) is 1. The third-order valence-corrected chi connectivity index (χ3v) is 3.87. The molecular formula is C15H17ClFN5. The minimum atomic E-state index is -0.383. The molecule has 2 aromatic rings. The third-order valence-electron chi connectivity index (χ3n) is 3.67. The first-order valence-electron chi connectivity index (χ1n) is 7.23. The van der Waals surface area contributed by atoms with Crippen molar-refractivity contribution in [2.75, 3.05) is 23.3 Å². The van der Waals surface area contributed by atoms with Gasteiger partial charge >= 0.3 is 0 Å². The quantitative estimate of drug-likeness (QED) is 0.941. The lowest BCUT2D eigenvalue weighted by Crippen LogP contribution is -2.43. The summed E-state index contributed by atoms with van der Waals surface area (Å²) in [6.07, 6.45) is 4.99. The molecular weight excluding hydrogens is 305 g/mol. The molecule has 1 unspecified atom stereocenters. The molecule has 5 nitrogen and oxygen atoms in total. The van der Waals surface area contributed by atoms with Gasteiger partial charge in [0.1, 0.15) is 12.1 Å². The van der Waals surface area contributed by atoms with Crippen LogP contribution in [0.4, 0.5) is 16.0 Å². The molecule has 1 saturated heterocycles. The minimum absolute atomic E-state index is 0.194. The fourth-order valence-electron chi connectivity index (χ4n) is 2.67. The van der Waals surface area contributed by atoms with E-state index in [0.29, 0.717) is 17.4 Å². The van der Waals surface area contributed by atoms with Crippen LogP contribution in [0.1, 0.15) is 18.5 Å². The Kier molecular flexibility index (Phi) is 4.38. The average Bonchev–Trinajstić information content (AvgIpc) is 2.47. The van der Waals surface area contributed by atoms with Crippen molar-refractivity contribution in [3.63, 3.8) is 0 Å². The van der Waals surface area contributed by atoms with E-state index in [0.717, 1.165) is 30.9 Å². The number of nitrogens with one attached hydrogen (secondary N) is 1. The van der Waals surface area contributed by atoms with E-state index in [1.165, 1.54) is 12.3 Å². The molecule has 0 radical (unpaired) electrons. The largest absolute Gasteiger partial charge is 0.365 e. The number of halogens is 2. The Balaban J connectivity index is 1.71. The number of aryl methyl sites for hydroxylation is 1. The van der Waals surface area contributed by atoms with Crippen LogP contribution >= 0.6 is 11.6 Å². The first kappa shape index (κ1) is 15.0. The average molecular weight is 322 g/mol. The molecule has 22 heavy (non-hydrogen) atoms. The van der Waals surface area contributed by atoms with Gasteiger partial charge in [-0.15, -0.1) is 0 Å². The number of nitrogens with zero attached hydrogens (tertiary/aromatic N) is 4. The van der Waals surface area contributed by atoms with Gasteiger partial charge in [-0.2, -0.15) is 0 Å². The monoisotopic (exact) mass is 321 g/mol. The normalized spacial score (nSPS) is 18.3. The molecule has 0 bridgehead atoms. The number of rotatable bonds is 3. The summed E-state index contributed by atoms with van der Waals surface area (Å²) in [4.78, 5) is 14.4. The second kappa shape index (κ2) is 6.44. The lowest BCUT2D eigenvalue weighted by atomic mass is 10.1. The van der Waals surface area contributed by atoms with Crippen LogP contribution in [0.2, 0.25) is 5.02 Å². The first-order chi connectivity index (χ1) is 10.6. The van der Waals surface area contributed by atoms with Gasteiger partial charge in [0.05, 0.1) is 5.02 Å². The Morgan fingerprint density at radius 1 is 1.32 bits per heavy atom. The van der Waals surface area contributed by atoms with Crippen molar-refractivity contribution in [2.45, 2.75) is 25.8 Å². The molecule has 1 fully saturated rings. The second-order valence-electron chi connectivity index (χ2n) is 5.43. The highest BCUT2D eigenvalue weighted by atomic mass is 35.5. The van der Waals surface area contributed by atoms with Crippen LogP contribution in [0.25, 0.3) is 0 Å². The molecule has 3 rings (SSSR count). The molecule has 0 spiro atoms. The molecule has 2 aromatic heterocycles. The zero-order valence-corrected chi connectivity index (χ0v) is 13.0. The van der Waals surface area contributed by atoms with Crippen molar-refractivity contribution in [1.29, 1.82) is 0 Å². The fraction of sp³-hybridized carbons (Fsp3) is 0.400. The Labute approximate surface area is 133 Å². The standard InChI is InChI=1S/C15H17ClFN5/c1-10-5-14(20-9-19-10)21-12-3-2-4-22(8-12)15-13(17)6-11(16)7-18-15/h5-7,9,12H,2-4,8H2,1H3,(H,19,20,21). The minimum Gasteiger partial charge on any atom is -0.365 e. The zero-order valence-electron chi connectivity index (χ0n) is 12.3. The summed E-state index contributed by atoms with van der Waals surface area (Å²) in [6.45, 7) is 3.38. The molecule has 0 aromatic carbocycles. The molecule has 1 aliphatic heterocycles. The van der Waals surface area contributed by atoms with Gasteiger partial charge in [0.15, 0.2) is 11.6 Å². The predicted molar refractivity (Wildman–Crippen MR) is 84.8 cm³/mol. The summed E-state index contributed by atoms with van der Waals surface area (Å²) in [5, 5.41) is 3.69. The van der Waals surface area contributed by atoms with Crippen molar-refractivity contribution in [1.82, 2.24) is 15.0 Å². The van der Waals surface area contributed by atoms with E-state index in [2.05, 4.69) is 20.3 Å². The van der Waals surface area contributed by atoms with Crippen molar-refractivity contribution in [3.05, 3.63) is 41.2 Å². The molecule has 3 heterocycles. The lowest BCUT2D eigenvalue weighted by Gasteiger charge is -2.34. The van der Waals surface area contributed by atoms with Crippen LogP contribution in [0.15, 0.2) is 24.7 Å². The molecule has 1 aliphatic rings. The molecule has 1 atom stereocenters. The van der Waals surface area contributed by atoms with Crippen LogP contribution in [0.3, 0.4) is 0 Å². The van der Waals surface area contributed by atoms with Gasteiger partial charge in [-0.05, 0) is 25.8 Å². The van der Waals surface area contributed by atoms with Crippen molar-refractivity contribution in [2.24, 2.45) is 0 Å². The van der Waals surface area contributed by atoms with E-state index in [-0.39, 0.29) is 11.9 Å². The topological polar surface area (TPSA) is 53.9 Å². The maximum atomic E-state index is 14.0. The summed E-state index contributed by atoms with van der Waals surface area (Å²) < 4.78 is 14.0. The molecule has 0 amide bonds. The van der Waals surface area contributed by atoms with Crippen molar-refractivity contribution in [3.8, 4) is 0 Å². The van der Waals surface area contributed by atoms with Gasteiger partial charge in [0.25, 0.3) is 0 Å². The van der Waals surface area contributed by atoms with Gasteiger partial charge in [-0.1, -0.05) is 11.6 Å². The highest BCUT2D eigenvalue weighted by Gasteiger charge is 2.23. The summed E-state index contributed by atoms with van der Waals surface area (Å²) in [5.74, 6) is 0.768. The maximum absolute atomic E-state index is 14.0. The highest BCUT2D eigenvalue weighted by molar-refractivity contribution is 6.30. The lowest BCUT2D eigenvalue weighted by molar-refractivity contribution is 0.513. The Hall–Kier alpha value is -1.95.